The van der Waals surface area contributed by atoms with Crippen molar-refractivity contribution in [2.45, 2.75) is 12.2 Å². The van der Waals surface area contributed by atoms with Crippen LogP contribution < -0.4 is 14.9 Å². The largest absolute Gasteiger partial charge is 0.493 e. The van der Waals surface area contributed by atoms with Crippen molar-refractivity contribution in [1.29, 1.82) is 0 Å². The predicted molar refractivity (Wildman–Crippen MR) is 153 cm³/mol. The molecule has 0 heterocycles. The Morgan fingerprint density at radius 3 is 2.10 bits per heavy atom. The minimum absolute atomic E-state index is 0.391. The molecule has 5 aromatic rings. The van der Waals surface area contributed by atoms with Crippen molar-refractivity contribution in [3.8, 4) is 11.5 Å². The van der Waals surface area contributed by atoms with E-state index in [1.807, 2.05) is 36.4 Å². The second-order valence-corrected chi connectivity index (χ2v) is 9.02. The molecule has 6 heteroatoms. The van der Waals surface area contributed by atoms with Crippen LogP contribution in [0.4, 0.5) is 0 Å². The Bertz CT molecular complexity index is 1560. The Hall–Kier alpha value is -4.94. The van der Waals surface area contributed by atoms with Gasteiger partial charge in [-0.15, -0.1) is 0 Å². The van der Waals surface area contributed by atoms with Crippen LogP contribution in [0.3, 0.4) is 0 Å². The minimum atomic E-state index is -1.90. The number of nitrogens with one attached hydrogen (secondary N) is 1. The van der Waals surface area contributed by atoms with Crippen LogP contribution in [0.5, 0.6) is 11.5 Å². The van der Waals surface area contributed by atoms with Crippen molar-refractivity contribution in [2.24, 2.45) is 5.10 Å². The molecule has 0 aliphatic rings. The van der Waals surface area contributed by atoms with Crippen LogP contribution in [-0.4, -0.2) is 24.3 Å². The Labute approximate surface area is 227 Å². The van der Waals surface area contributed by atoms with Gasteiger partial charge in [-0.05, 0) is 57.3 Å². The first kappa shape index (κ1) is 25.7. The fourth-order valence-corrected chi connectivity index (χ4v) is 4.41. The number of benzene rings is 5. The number of methoxy groups -OCH3 is 1. The van der Waals surface area contributed by atoms with Crippen LogP contribution in [0.15, 0.2) is 126 Å². The van der Waals surface area contributed by atoms with Gasteiger partial charge in [0.15, 0.2) is 17.1 Å². The number of carbonyl (C=O) groups excluding carboxylic acids is 1. The van der Waals surface area contributed by atoms with E-state index in [9.17, 15) is 9.90 Å². The van der Waals surface area contributed by atoms with E-state index < -0.39 is 11.5 Å². The average molecular weight is 517 g/mol. The zero-order valence-electron chi connectivity index (χ0n) is 21.5. The average Bonchev–Trinajstić information content (AvgIpc) is 3.00. The zero-order chi connectivity index (χ0) is 27.1. The molecule has 0 aliphatic heterocycles. The van der Waals surface area contributed by atoms with Gasteiger partial charge in [0.2, 0.25) is 0 Å². The summed E-state index contributed by atoms with van der Waals surface area (Å²) in [4.78, 5) is 13.2. The molecule has 0 bridgehead atoms. The molecule has 0 aromatic heterocycles. The number of rotatable bonds is 9. The molecule has 194 valence electrons. The fourth-order valence-electron chi connectivity index (χ4n) is 4.41. The van der Waals surface area contributed by atoms with Crippen LogP contribution in [0, 0.1) is 0 Å². The molecule has 0 spiro atoms. The maximum absolute atomic E-state index is 13.2. The van der Waals surface area contributed by atoms with Crippen LogP contribution in [0.25, 0.3) is 10.8 Å². The van der Waals surface area contributed by atoms with Gasteiger partial charge in [0, 0.05) is 0 Å². The third kappa shape index (κ3) is 5.66. The fraction of sp³-hybridized carbons (Fsp3) is 0.0909. The van der Waals surface area contributed by atoms with E-state index in [4.69, 9.17) is 9.47 Å². The van der Waals surface area contributed by atoms with Crippen molar-refractivity contribution in [2.75, 3.05) is 7.11 Å². The van der Waals surface area contributed by atoms with Crippen molar-refractivity contribution < 1.29 is 19.4 Å². The molecule has 0 atom stereocenters. The minimum Gasteiger partial charge on any atom is -0.493 e. The summed E-state index contributed by atoms with van der Waals surface area (Å²) in [7, 11) is 1.57. The molecule has 5 rings (SSSR count). The lowest BCUT2D eigenvalue weighted by Gasteiger charge is -2.27. The maximum Gasteiger partial charge on any atom is 0.281 e. The second-order valence-electron chi connectivity index (χ2n) is 9.02. The van der Waals surface area contributed by atoms with Crippen LogP contribution in [-0.2, 0) is 17.0 Å². The number of nitrogens with zero attached hydrogens (tertiary/aromatic N) is 1. The molecular weight excluding hydrogens is 488 g/mol. The summed E-state index contributed by atoms with van der Waals surface area (Å²) in [5.41, 5.74) is 3.21. The summed E-state index contributed by atoms with van der Waals surface area (Å²) in [6.07, 6.45) is 1.49. The summed E-state index contributed by atoms with van der Waals surface area (Å²) in [5, 5.41) is 18.0. The summed E-state index contributed by atoms with van der Waals surface area (Å²) in [6, 6.07) is 37.4. The summed E-state index contributed by atoms with van der Waals surface area (Å²) >= 11 is 0. The van der Waals surface area contributed by atoms with Gasteiger partial charge in [-0.25, -0.2) is 5.43 Å². The Balaban J connectivity index is 1.29. The quantitative estimate of drug-likeness (QED) is 0.191. The van der Waals surface area contributed by atoms with Crippen LogP contribution in [0.2, 0.25) is 0 Å². The molecule has 0 fully saturated rings. The topological polar surface area (TPSA) is 80.2 Å². The predicted octanol–water partition coefficient (Wildman–Crippen LogP) is 5.81. The molecular formula is C33H28N2O4. The Kier molecular flexibility index (Phi) is 7.66. The molecule has 6 nitrogen and oxygen atoms in total. The standard InChI is InChI=1S/C33H28N2O4/c1-38-31-21-24(17-19-30(31)39-23-25-16-18-26-10-8-9-11-27(26)20-25)22-34-35-32(36)33(37,28-12-4-2-5-13-28)29-14-6-3-7-15-29/h2-22,37H,23H2,1H3,(H,35,36)/b34-22-. The highest BCUT2D eigenvalue weighted by Gasteiger charge is 2.39. The van der Waals surface area contributed by atoms with Crippen LogP contribution in [0.1, 0.15) is 22.3 Å². The molecule has 0 unspecified atom stereocenters. The van der Waals surface area contributed by atoms with Gasteiger partial charge in [-0.2, -0.15) is 5.10 Å². The van der Waals surface area contributed by atoms with Crippen molar-refractivity contribution in [1.82, 2.24) is 5.43 Å². The molecule has 0 saturated carbocycles. The number of amides is 1. The SMILES string of the molecule is COc1cc(/C=N\NC(=O)C(O)(c2ccccc2)c2ccccc2)ccc1OCc1ccc2ccccc2c1. The molecule has 5 aromatic carbocycles. The first-order valence-corrected chi connectivity index (χ1v) is 12.5. The number of hydrogen-bond donors (Lipinski definition) is 2. The van der Waals surface area contributed by atoms with E-state index >= 15 is 0 Å². The van der Waals surface area contributed by atoms with Gasteiger partial charge in [-0.1, -0.05) is 97.1 Å². The van der Waals surface area contributed by atoms with Gasteiger partial charge < -0.3 is 14.6 Å². The van der Waals surface area contributed by atoms with Crippen molar-refractivity contribution >= 4 is 22.9 Å². The molecule has 0 saturated heterocycles. The third-order valence-electron chi connectivity index (χ3n) is 6.49. The molecule has 2 N–H and O–H groups in total. The lowest BCUT2D eigenvalue weighted by atomic mass is 9.85. The highest BCUT2D eigenvalue weighted by molar-refractivity contribution is 5.91. The van der Waals surface area contributed by atoms with Gasteiger partial charge >= 0.3 is 0 Å². The number of hydrogen-bond acceptors (Lipinski definition) is 5. The van der Waals surface area contributed by atoms with Gasteiger partial charge in [0.1, 0.15) is 6.61 Å². The van der Waals surface area contributed by atoms with Crippen LogP contribution >= 0.6 is 0 Å². The van der Waals surface area contributed by atoms with E-state index in [0.29, 0.717) is 34.8 Å². The summed E-state index contributed by atoms with van der Waals surface area (Å²) in [5.74, 6) is 0.462. The Morgan fingerprint density at radius 1 is 0.795 bits per heavy atom. The highest BCUT2D eigenvalue weighted by Crippen LogP contribution is 2.31. The van der Waals surface area contributed by atoms with E-state index in [0.717, 1.165) is 10.9 Å². The Morgan fingerprint density at radius 2 is 1.44 bits per heavy atom. The molecule has 0 radical (unpaired) electrons. The first-order chi connectivity index (χ1) is 19.1. The van der Waals surface area contributed by atoms with Crippen molar-refractivity contribution in [3.63, 3.8) is 0 Å². The highest BCUT2D eigenvalue weighted by atomic mass is 16.5. The molecule has 0 aliphatic carbocycles. The van der Waals surface area contributed by atoms with E-state index in [1.165, 1.54) is 11.6 Å². The zero-order valence-corrected chi connectivity index (χ0v) is 21.5. The summed E-state index contributed by atoms with van der Waals surface area (Å²) < 4.78 is 11.6. The number of carbonyl (C=O) groups is 1. The molecule has 39 heavy (non-hydrogen) atoms. The summed E-state index contributed by atoms with van der Waals surface area (Å²) in [6.45, 7) is 0.391. The normalized spacial score (nSPS) is 11.4. The van der Waals surface area contributed by atoms with E-state index in [1.54, 1.807) is 67.8 Å². The van der Waals surface area contributed by atoms with Gasteiger partial charge in [0.05, 0.1) is 13.3 Å². The monoisotopic (exact) mass is 516 g/mol. The molecule has 1 amide bonds. The van der Waals surface area contributed by atoms with E-state index in [-0.39, 0.29) is 0 Å². The van der Waals surface area contributed by atoms with E-state index in [2.05, 4.69) is 34.8 Å². The van der Waals surface area contributed by atoms with Gasteiger partial charge in [-0.3, -0.25) is 4.79 Å². The maximum atomic E-state index is 13.2. The third-order valence-corrected chi connectivity index (χ3v) is 6.49. The number of aliphatic hydroxyl groups is 1. The van der Waals surface area contributed by atoms with Crippen molar-refractivity contribution in [3.05, 3.63) is 144 Å². The lowest BCUT2D eigenvalue weighted by Crippen LogP contribution is -2.43. The second kappa shape index (κ2) is 11.6. The lowest BCUT2D eigenvalue weighted by molar-refractivity contribution is -0.136. The number of hydrazone groups is 1. The van der Waals surface area contributed by atoms with Gasteiger partial charge in [0.25, 0.3) is 5.91 Å². The number of ether oxygens (including phenoxy) is 2. The number of fused-ring (bicyclic) bond motifs is 1. The smallest absolute Gasteiger partial charge is 0.281 e. The first-order valence-electron chi connectivity index (χ1n) is 12.5.